The predicted octanol–water partition coefficient (Wildman–Crippen LogP) is 3.89. The fraction of sp³-hybridized carbons (Fsp3) is 0.381. The smallest absolute Gasteiger partial charge is 0.164 e. The number of thioether (sulfide) groups is 1. The molecule has 0 spiro atoms. The first-order valence-corrected chi connectivity index (χ1v) is 12.0. The van der Waals surface area contributed by atoms with Gasteiger partial charge in [-0.15, -0.1) is 0 Å². The number of nitrogens with zero attached hydrogens (tertiary/aromatic N) is 2. The lowest BCUT2D eigenvalue weighted by molar-refractivity contribution is 0.601. The number of aryl methyl sites for hydroxylation is 3. The van der Waals surface area contributed by atoms with Gasteiger partial charge < -0.3 is 4.90 Å². The maximum atomic E-state index is 12.2. The van der Waals surface area contributed by atoms with Crippen LogP contribution in [0.15, 0.2) is 47.5 Å². The van der Waals surface area contributed by atoms with Gasteiger partial charge in [0.25, 0.3) is 0 Å². The summed E-state index contributed by atoms with van der Waals surface area (Å²) in [5, 5.41) is 0.938. The van der Waals surface area contributed by atoms with Crippen LogP contribution in [0.3, 0.4) is 0 Å². The first-order valence-electron chi connectivity index (χ1n) is 9.15. The number of fused-ring (bicyclic) bond motifs is 1. The van der Waals surface area contributed by atoms with Gasteiger partial charge in [0.05, 0.1) is 23.6 Å². The molecule has 0 bridgehead atoms. The number of anilines is 1. The second-order valence-corrected chi connectivity index (χ2v) is 10.7. The molecule has 2 aromatic carbocycles. The lowest BCUT2D eigenvalue weighted by atomic mass is 10.1. The van der Waals surface area contributed by atoms with Gasteiger partial charge in [0, 0.05) is 11.4 Å². The maximum absolute atomic E-state index is 12.2. The van der Waals surface area contributed by atoms with Crippen molar-refractivity contribution in [1.29, 1.82) is 0 Å². The Kier molecular flexibility index (Phi) is 4.80. The number of hydrogen-bond donors (Lipinski definition) is 0. The summed E-state index contributed by atoms with van der Waals surface area (Å²) in [5.74, 6) is 1.17. The normalized spacial score (nSPS) is 23.4. The van der Waals surface area contributed by atoms with Gasteiger partial charge in [0.1, 0.15) is 0 Å². The van der Waals surface area contributed by atoms with Crippen LogP contribution in [0.2, 0.25) is 0 Å². The summed E-state index contributed by atoms with van der Waals surface area (Å²) < 4.78 is 24.4. The third-order valence-corrected chi connectivity index (χ3v) is 7.91. The van der Waals surface area contributed by atoms with E-state index in [4.69, 9.17) is 4.99 Å². The van der Waals surface area contributed by atoms with Crippen molar-refractivity contribution in [3.63, 3.8) is 0 Å². The molecule has 4 nitrogen and oxygen atoms in total. The highest BCUT2D eigenvalue weighted by Gasteiger charge is 2.47. The summed E-state index contributed by atoms with van der Waals surface area (Å²) in [4.78, 5) is 7.00. The highest BCUT2D eigenvalue weighted by molar-refractivity contribution is 8.13. The maximum Gasteiger partial charge on any atom is 0.164 e. The first kappa shape index (κ1) is 18.6. The molecule has 0 aliphatic carbocycles. The van der Waals surface area contributed by atoms with E-state index in [0.29, 0.717) is 0 Å². The second-order valence-electron chi connectivity index (χ2n) is 7.56. The van der Waals surface area contributed by atoms with Crippen molar-refractivity contribution >= 4 is 32.5 Å². The zero-order valence-electron chi connectivity index (χ0n) is 15.8. The Morgan fingerprint density at radius 1 is 1.07 bits per heavy atom. The van der Waals surface area contributed by atoms with Gasteiger partial charge in [-0.3, -0.25) is 4.99 Å². The van der Waals surface area contributed by atoms with E-state index in [0.717, 1.165) is 22.2 Å². The molecular weight excluding hydrogens is 376 g/mol. The summed E-state index contributed by atoms with van der Waals surface area (Å²) in [6, 6.07) is 14.6. The Bertz CT molecular complexity index is 1010. The number of amidine groups is 1. The predicted molar refractivity (Wildman–Crippen MR) is 115 cm³/mol. The van der Waals surface area contributed by atoms with E-state index >= 15 is 0 Å². The standard InChI is InChI=1S/C21H24N2O2S2/c1-14-5-4-6-17(10-14)11-26-21-22-18-12-27(24,25)13-20(18)23(21)19-8-7-15(2)9-16(19)3/h4-10,18,20H,11-13H2,1-3H3/t18-,20+/m0/s1. The topological polar surface area (TPSA) is 49.7 Å². The van der Waals surface area contributed by atoms with Crippen LogP contribution >= 0.6 is 11.8 Å². The number of rotatable bonds is 3. The van der Waals surface area contributed by atoms with E-state index in [1.807, 2.05) is 0 Å². The van der Waals surface area contributed by atoms with Crippen LogP contribution in [0.25, 0.3) is 0 Å². The van der Waals surface area contributed by atoms with Gasteiger partial charge in [-0.2, -0.15) is 0 Å². The summed E-state index contributed by atoms with van der Waals surface area (Å²) in [7, 11) is -3.02. The number of aliphatic imine (C=N–C) groups is 1. The molecule has 1 fully saturated rings. The SMILES string of the molecule is Cc1cccc(CSC2=N[C@H]3CS(=O)(=O)C[C@H]3N2c2ccc(C)cc2C)c1. The second kappa shape index (κ2) is 6.99. The van der Waals surface area contributed by atoms with Crippen molar-refractivity contribution in [3.05, 3.63) is 64.7 Å². The molecule has 6 heteroatoms. The molecule has 0 unspecified atom stereocenters. The molecule has 1 saturated heterocycles. The number of sulfone groups is 1. The molecule has 4 rings (SSSR count). The van der Waals surface area contributed by atoms with E-state index < -0.39 is 9.84 Å². The quantitative estimate of drug-likeness (QED) is 0.784. The summed E-state index contributed by atoms with van der Waals surface area (Å²) in [6.07, 6.45) is 0. The van der Waals surface area contributed by atoms with Crippen LogP contribution in [0.1, 0.15) is 22.3 Å². The van der Waals surface area contributed by atoms with E-state index in [1.54, 1.807) is 11.8 Å². The fourth-order valence-electron chi connectivity index (χ4n) is 3.94. The molecule has 2 aliphatic heterocycles. The largest absolute Gasteiger partial charge is 0.315 e. The minimum Gasteiger partial charge on any atom is -0.315 e. The van der Waals surface area contributed by atoms with Crippen LogP contribution in [0.4, 0.5) is 5.69 Å². The van der Waals surface area contributed by atoms with Crippen molar-refractivity contribution in [3.8, 4) is 0 Å². The van der Waals surface area contributed by atoms with E-state index in [2.05, 4.69) is 68.1 Å². The average molecular weight is 401 g/mol. The van der Waals surface area contributed by atoms with Crippen molar-refractivity contribution in [2.75, 3.05) is 16.4 Å². The van der Waals surface area contributed by atoms with Crippen molar-refractivity contribution in [2.45, 2.75) is 38.6 Å². The molecule has 0 radical (unpaired) electrons. The molecular formula is C21H24N2O2S2. The Hall–Kier alpha value is -1.79. The third kappa shape index (κ3) is 3.78. The fourth-order valence-corrected chi connectivity index (χ4v) is 6.84. The first-order chi connectivity index (χ1) is 12.8. The summed E-state index contributed by atoms with van der Waals surface area (Å²) >= 11 is 1.70. The van der Waals surface area contributed by atoms with Crippen LogP contribution in [-0.4, -0.2) is 37.2 Å². The van der Waals surface area contributed by atoms with E-state index in [9.17, 15) is 8.42 Å². The van der Waals surface area contributed by atoms with Crippen molar-refractivity contribution in [2.24, 2.45) is 4.99 Å². The minimum absolute atomic E-state index is 0.0867. The van der Waals surface area contributed by atoms with Gasteiger partial charge in [-0.1, -0.05) is 59.3 Å². The van der Waals surface area contributed by atoms with Gasteiger partial charge >= 0.3 is 0 Å². The molecule has 142 valence electrons. The zero-order valence-corrected chi connectivity index (χ0v) is 17.5. The molecule has 0 amide bonds. The number of benzene rings is 2. The molecule has 2 aromatic rings. The summed E-state index contributed by atoms with van der Waals surface area (Å²) in [6.45, 7) is 6.26. The van der Waals surface area contributed by atoms with Gasteiger partial charge in [-0.25, -0.2) is 8.42 Å². The Balaban J connectivity index is 1.65. The number of hydrogen-bond acceptors (Lipinski definition) is 5. The van der Waals surface area contributed by atoms with Gasteiger partial charge in [-0.05, 0) is 38.0 Å². The van der Waals surface area contributed by atoms with E-state index in [-0.39, 0.29) is 23.6 Å². The highest BCUT2D eigenvalue weighted by Crippen LogP contribution is 2.37. The Labute approximate surface area is 165 Å². The van der Waals surface area contributed by atoms with Crippen molar-refractivity contribution in [1.82, 2.24) is 0 Å². The van der Waals surface area contributed by atoms with Crippen LogP contribution in [-0.2, 0) is 15.6 Å². The minimum atomic E-state index is -3.02. The molecule has 2 heterocycles. The molecule has 0 N–H and O–H groups in total. The van der Waals surface area contributed by atoms with Gasteiger partial charge in [0.2, 0.25) is 0 Å². The highest BCUT2D eigenvalue weighted by atomic mass is 32.2. The monoisotopic (exact) mass is 400 g/mol. The lowest BCUT2D eigenvalue weighted by Crippen LogP contribution is -2.39. The van der Waals surface area contributed by atoms with Crippen molar-refractivity contribution < 1.29 is 8.42 Å². The Morgan fingerprint density at radius 2 is 1.85 bits per heavy atom. The molecule has 27 heavy (non-hydrogen) atoms. The molecule has 0 aromatic heterocycles. The Morgan fingerprint density at radius 3 is 2.59 bits per heavy atom. The molecule has 0 saturated carbocycles. The molecule has 2 aliphatic rings. The lowest BCUT2D eigenvalue weighted by Gasteiger charge is -2.28. The van der Waals surface area contributed by atoms with E-state index in [1.165, 1.54) is 16.7 Å². The van der Waals surface area contributed by atoms with Crippen LogP contribution in [0, 0.1) is 20.8 Å². The summed E-state index contributed by atoms with van der Waals surface area (Å²) in [5.41, 5.74) is 5.94. The van der Waals surface area contributed by atoms with Crippen LogP contribution < -0.4 is 4.90 Å². The van der Waals surface area contributed by atoms with Gasteiger partial charge in [0.15, 0.2) is 15.0 Å². The molecule has 2 atom stereocenters. The van der Waals surface area contributed by atoms with Crippen LogP contribution in [0.5, 0.6) is 0 Å². The zero-order chi connectivity index (χ0) is 19.2. The average Bonchev–Trinajstić information content (AvgIpc) is 3.05. The third-order valence-electron chi connectivity index (χ3n) is 5.17.